The molecule has 0 bridgehead atoms. The number of nitrogens with zero attached hydrogens (tertiary/aromatic N) is 3. The number of benzene rings is 1. The lowest BCUT2D eigenvalue weighted by Gasteiger charge is -2.11. The second-order valence-electron chi connectivity index (χ2n) is 5.06. The summed E-state index contributed by atoms with van der Waals surface area (Å²) in [5.74, 6) is 1.31. The number of rotatable bonds is 7. The van der Waals surface area contributed by atoms with Crippen molar-refractivity contribution >= 4 is 28.3 Å². The van der Waals surface area contributed by atoms with Crippen LogP contribution in [0.25, 0.3) is 22.3 Å². The molecule has 24 heavy (non-hydrogen) atoms. The molecule has 3 rings (SSSR count). The van der Waals surface area contributed by atoms with Crippen molar-refractivity contribution in [3.8, 4) is 11.4 Å². The number of hydrogen-bond donors (Lipinski definition) is 2. The van der Waals surface area contributed by atoms with Crippen LogP contribution in [0.1, 0.15) is 0 Å². The maximum atomic E-state index is 8.73. The Kier molecular flexibility index (Phi) is 5.53. The number of aliphatic hydroxyl groups is 1. The highest BCUT2D eigenvalue weighted by molar-refractivity contribution is 6.31. The third kappa shape index (κ3) is 3.97. The fraction of sp³-hybridized carbons (Fsp3) is 0.235. The summed E-state index contributed by atoms with van der Waals surface area (Å²) >= 11 is 6.11. The van der Waals surface area contributed by atoms with Crippen molar-refractivity contribution in [1.82, 2.24) is 15.0 Å². The van der Waals surface area contributed by atoms with E-state index in [4.69, 9.17) is 21.4 Å². The first kappa shape index (κ1) is 16.6. The molecule has 3 aromatic rings. The topological polar surface area (TPSA) is 80.2 Å². The second kappa shape index (κ2) is 8.01. The Labute approximate surface area is 144 Å². The van der Waals surface area contributed by atoms with Gasteiger partial charge in [-0.2, -0.15) is 0 Å². The van der Waals surface area contributed by atoms with Gasteiger partial charge in [0.2, 0.25) is 0 Å². The van der Waals surface area contributed by atoms with E-state index in [2.05, 4.69) is 20.3 Å². The van der Waals surface area contributed by atoms with E-state index >= 15 is 0 Å². The predicted molar refractivity (Wildman–Crippen MR) is 94.2 cm³/mol. The van der Waals surface area contributed by atoms with Crippen molar-refractivity contribution in [3.63, 3.8) is 0 Å². The number of nitrogens with one attached hydrogen (secondary N) is 1. The highest BCUT2D eigenvalue weighted by Gasteiger charge is 2.10. The van der Waals surface area contributed by atoms with Crippen LogP contribution >= 0.6 is 11.6 Å². The molecule has 0 aliphatic rings. The van der Waals surface area contributed by atoms with Gasteiger partial charge in [0.05, 0.1) is 25.3 Å². The molecule has 0 aliphatic carbocycles. The number of ether oxygens (including phenoxy) is 1. The highest BCUT2D eigenvalue weighted by atomic mass is 35.5. The fourth-order valence-electron chi connectivity index (χ4n) is 2.27. The monoisotopic (exact) mass is 344 g/mol. The van der Waals surface area contributed by atoms with E-state index in [1.54, 1.807) is 18.5 Å². The van der Waals surface area contributed by atoms with Crippen molar-refractivity contribution in [3.05, 3.63) is 47.7 Å². The van der Waals surface area contributed by atoms with E-state index in [0.717, 1.165) is 16.5 Å². The molecular weight excluding hydrogens is 328 g/mol. The quantitative estimate of drug-likeness (QED) is 0.641. The SMILES string of the molecule is OCCOCCNc1nc(-c2ccncc2)nc2ccc(Cl)cc12. The van der Waals surface area contributed by atoms with Gasteiger partial charge in [0.15, 0.2) is 5.82 Å². The number of fused-ring (bicyclic) bond motifs is 1. The standard InChI is InChI=1S/C17H17ClN4O2/c18-13-1-2-15-14(11-13)17(20-7-9-24-10-8-23)22-16(21-15)12-3-5-19-6-4-12/h1-6,11,23H,7-10H2,(H,20,21,22). The lowest BCUT2D eigenvalue weighted by molar-refractivity contribution is 0.0992. The van der Waals surface area contributed by atoms with Crippen LogP contribution in [-0.2, 0) is 4.74 Å². The van der Waals surface area contributed by atoms with Crippen molar-refractivity contribution in [2.45, 2.75) is 0 Å². The Balaban J connectivity index is 1.93. The first-order valence-corrected chi connectivity index (χ1v) is 7.96. The van der Waals surface area contributed by atoms with Crippen LogP contribution in [0.4, 0.5) is 5.82 Å². The Morgan fingerprint density at radius 2 is 1.92 bits per heavy atom. The molecule has 0 saturated carbocycles. The van der Waals surface area contributed by atoms with Gasteiger partial charge in [0.25, 0.3) is 0 Å². The van der Waals surface area contributed by atoms with Gasteiger partial charge >= 0.3 is 0 Å². The van der Waals surface area contributed by atoms with Gasteiger partial charge < -0.3 is 15.2 Å². The summed E-state index contributed by atoms with van der Waals surface area (Å²) in [6, 6.07) is 9.25. The van der Waals surface area contributed by atoms with E-state index in [1.807, 2.05) is 24.3 Å². The Hall–Kier alpha value is -2.28. The minimum Gasteiger partial charge on any atom is -0.394 e. The number of pyridine rings is 1. The number of anilines is 1. The molecular formula is C17H17ClN4O2. The van der Waals surface area contributed by atoms with Gasteiger partial charge in [-0.3, -0.25) is 4.98 Å². The van der Waals surface area contributed by atoms with Crippen LogP contribution in [0.5, 0.6) is 0 Å². The summed E-state index contributed by atoms with van der Waals surface area (Å²) in [5.41, 5.74) is 1.70. The number of aliphatic hydroxyl groups excluding tert-OH is 1. The average molecular weight is 345 g/mol. The summed E-state index contributed by atoms with van der Waals surface area (Å²) in [6.07, 6.45) is 3.42. The zero-order chi connectivity index (χ0) is 16.8. The van der Waals surface area contributed by atoms with Crippen LogP contribution < -0.4 is 5.32 Å². The first-order chi connectivity index (χ1) is 11.8. The third-order valence-corrected chi connectivity index (χ3v) is 3.61. The van der Waals surface area contributed by atoms with Crippen LogP contribution in [0.3, 0.4) is 0 Å². The van der Waals surface area contributed by atoms with E-state index in [9.17, 15) is 0 Å². The Morgan fingerprint density at radius 1 is 1.08 bits per heavy atom. The normalized spacial score (nSPS) is 10.9. The van der Waals surface area contributed by atoms with Crippen molar-refractivity contribution in [1.29, 1.82) is 0 Å². The van der Waals surface area contributed by atoms with E-state index in [0.29, 0.717) is 36.4 Å². The summed E-state index contributed by atoms with van der Waals surface area (Å²) in [5, 5.41) is 13.5. The third-order valence-electron chi connectivity index (χ3n) is 3.37. The van der Waals surface area contributed by atoms with Crippen LogP contribution in [0.15, 0.2) is 42.7 Å². The van der Waals surface area contributed by atoms with Crippen molar-refractivity contribution in [2.75, 3.05) is 31.7 Å². The fourth-order valence-corrected chi connectivity index (χ4v) is 2.45. The van der Waals surface area contributed by atoms with Gasteiger partial charge in [0.1, 0.15) is 5.82 Å². The van der Waals surface area contributed by atoms with E-state index < -0.39 is 0 Å². The summed E-state index contributed by atoms with van der Waals surface area (Å²) in [7, 11) is 0. The molecule has 0 spiro atoms. The molecule has 124 valence electrons. The van der Waals surface area contributed by atoms with Gasteiger partial charge in [-0.15, -0.1) is 0 Å². The minimum absolute atomic E-state index is 0.0121. The second-order valence-corrected chi connectivity index (χ2v) is 5.49. The molecule has 2 aromatic heterocycles. The lowest BCUT2D eigenvalue weighted by atomic mass is 10.2. The van der Waals surface area contributed by atoms with Gasteiger partial charge in [-0.25, -0.2) is 9.97 Å². The molecule has 0 amide bonds. The van der Waals surface area contributed by atoms with Crippen molar-refractivity contribution < 1.29 is 9.84 Å². The molecule has 6 nitrogen and oxygen atoms in total. The average Bonchev–Trinajstić information content (AvgIpc) is 2.62. The number of halogens is 1. The van der Waals surface area contributed by atoms with Gasteiger partial charge in [0, 0.05) is 34.9 Å². The van der Waals surface area contributed by atoms with Gasteiger partial charge in [-0.1, -0.05) is 11.6 Å². The maximum Gasteiger partial charge on any atom is 0.162 e. The van der Waals surface area contributed by atoms with Crippen molar-refractivity contribution in [2.24, 2.45) is 0 Å². The first-order valence-electron chi connectivity index (χ1n) is 7.58. The Bertz CT molecular complexity index is 814. The molecule has 2 N–H and O–H groups in total. The Morgan fingerprint density at radius 3 is 2.71 bits per heavy atom. The number of hydrogen-bond acceptors (Lipinski definition) is 6. The molecule has 2 heterocycles. The minimum atomic E-state index is 0.0121. The van der Waals surface area contributed by atoms with Crippen LogP contribution in [0.2, 0.25) is 5.02 Å². The smallest absolute Gasteiger partial charge is 0.162 e. The highest BCUT2D eigenvalue weighted by Crippen LogP contribution is 2.27. The molecule has 0 fully saturated rings. The summed E-state index contributed by atoms with van der Waals surface area (Å²) in [4.78, 5) is 13.2. The maximum absolute atomic E-state index is 8.73. The van der Waals surface area contributed by atoms with Gasteiger partial charge in [-0.05, 0) is 30.3 Å². The molecule has 0 saturated heterocycles. The summed E-state index contributed by atoms with van der Waals surface area (Å²) in [6.45, 7) is 1.37. The molecule has 1 aromatic carbocycles. The largest absolute Gasteiger partial charge is 0.394 e. The molecule has 7 heteroatoms. The molecule has 0 radical (unpaired) electrons. The van der Waals surface area contributed by atoms with E-state index in [1.165, 1.54) is 0 Å². The number of aromatic nitrogens is 3. The lowest BCUT2D eigenvalue weighted by Crippen LogP contribution is -2.13. The molecule has 0 aliphatic heterocycles. The van der Waals surface area contributed by atoms with Crippen LogP contribution in [-0.4, -0.2) is 46.4 Å². The van der Waals surface area contributed by atoms with Crippen LogP contribution in [0, 0.1) is 0 Å². The van der Waals surface area contributed by atoms with E-state index in [-0.39, 0.29) is 6.61 Å². The summed E-state index contributed by atoms with van der Waals surface area (Å²) < 4.78 is 5.26. The zero-order valence-corrected chi connectivity index (χ0v) is 13.7. The molecule has 0 unspecified atom stereocenters. The predicted octanol–water partition coefficient (Wildman–Crippen LogP) is 2.77. The molecule has 0 atom stereocenters. The zero-order valence-electron chi connectivity index (χ0n) is 12.9.